The third-order valence-corrected chi connectivity index (χ3v) is 3.67. The van der Waals surface area contributed by atoms with Crippen LogP contribution in [0.3, 0.4) is 0 Å². The Morgan fingerprint density at radius 2 is 2.21 bits per heavy atom. The summed E-state index contributed by atoms with van der Waals surface area (Å²) in [6.07, 6.45) is 0. The summed E-state index contributed by atoms with van der Waals surface area (Å²) in [5.41, 5.74) is 0.324. The summed E-state index contributed by atoms with van der Waals surface area (Å²) >= 11 is 6.77. The summed E-state index contributed by atoms with van der Waals surface area (Å²) in [5.74, 6) is -1.27. The highest BCUT2D eigenvalue weighted by molar-refractivity contribution is 7.14. The maximum atomic E-state index is 13.5. The van der Waals surface area contributed by atoms with E-state index in [9.17, 15) is 9.18 Å². The molecule has 0 aliphatic carbocycles. The van der Waals surface area contributed by atoms with Gasteiger partial charge in [0.05, 0.1) is 0 Å². The van der Waals surface area contributed by atoms with Crippen molar-refractivity contribution in [1.29, 1.82) is 0 Å². The Kier molecular flexibility index (Phi) is 4.07. The molecular weight excluding hydrogens is 291 g/mol. The fourth-order valence-corrected chi connectivity index (χ4v) is 2.49. The van der Waals surface area contributed by atoms with Gasteiger partial charge in [0.1, 0.15) is 18.2 Å². The van der Waals surface area contributed by atoms with Crippen LogP contribution in [0.1, 0.15) is 20.1 Å². The Hall–Kier alpha value is -1.59. The minimum Gasteiger partial charge on any atom is -0.487 e. The molecule has 0 unspecified atom stereocenters. The van der Waals surface area contributed by atoms with Crippen LogP contribution in [-0.4, -0.2) is 11.1 Å². The van der Waals surface area contributed by atoms with E-state index in [0.29, 0.717) is 10.6 Å². The van der Waals surface area contributed by atoms with Crippen molar-refractivity contribution in [3.05, 3.63) is 50.4 Å². The molecule has 1 aromatic heterocycles. The van der Waals surface area contributed by atoms with E-state index in [2.05, 4.69) is 0 Å². The Morgan fingerprint density at radius 3 is 2.84 bits per heavy atom. The van der Waals surface area contributed by atoms with Crippen molar-refractivity contribution in [2.45, 2.75) is 13.5 Å². The average molecular weight is 301 g/mol. The lowest BCUT2D eigenvalue weighted by atomic mass is 10.2. The number of halogens is 2. The molecule has 2 rings (SSSR count). The van der Waals surface area contributed by atoms with E-state index in [4.69, 9.17) is 21.4 Å². The van der Waals surface area contributed by atoms with Gasteiger partial charge in [0.15, 0.2) is 4.88 Å². The van der Waals surface area contributed by atoms with Gasteiger partial charge in [0.2, 0.25) is 0 Å². The first-order chi connectivity index (χ1) is 8.97. The van der Waals surface area contributed by atoms with Gasteiger partial charge < -0.3 is 9.84 Å². The van der Waals surface area contributed by atoms with Gasteiger partial charge in [-0.05, 0) is 25.1 Å². The molecule has 2 aromatic rings. The first-order valence-corrected chi connectivity index (χ1v) is 6.57. The van der Waals surface area contributed by atoms with Gasteiger partial charge in [0.25, 0.3) is 0 Å². The summed E-state index contributed by atoms with van der Waals surface area (Å²) in [6.45, 7) is 1.74. The Morgan fingerprint density at radius 1 is 1.47 bits per heavy atom. The molecule has 0 aliphatic heterocycles. The second-order valence-corrected chi connectivity index (χ2v) is 5.57. The summed E-state index contributed by atoms with van der Waals surface area (Å²) in [4.78, 5) is 11.9. The van der Waals surface area contributed by atoms with Gasteiger partial charge in [-0.25, -0.2) is 9.18 Å². The van der Waals surface area contributed by atoms with Crippen molar-refractivity contribution < 1.29 is 19.0 Å². The van der Waals surface area contributed by atoms with Crippen LogP contribution in [0.15, 0.2) is 24.3 Å². The molecule has 3 nitrogen and oxygen atoms in total. The number of aromatic carboxylic acids is 1. The fourth-order valence-electron chi connectivity index (χ4n) is 1.54. The quantitative estimate of drug-likeness (QED) is 0.923. The van der Waals surface area contributed by atoms with E-state index >= 15 is 0 Å². The highest BCUT2D eigenvalue weighted by atomic mass is 35.5. The van der Waals surface area contributed by atoms with Crippen LogP contribution in [0.25, 0.3) is 0 Å². The van der Waals surface area contributed by atoms with Gasteiger partial charge in [-0.2, -0.15) is 0 Å². The van der Waals surface area contributed by atoms with Crippen LogP contribution < -0.4 is 4.74 Å². The van der Waals surface area contributed by atoms with E-state index in [1.54, 1.807) is 19.1 Å². The van der Waals surface area contributed by atoms with E-state index in [1.807, 2.05) is 0 Å². The van der Waals surface area contributed by atoms with Crippen molar-refractivity contribution in [2.75, 3.05) is 0 Å². The molecule has 0 spiro atoms. The summed E-state index contributed by atoms with van der Waals surface area (Å²) in [6, 6.07) is 5.89. The second kappa shape index (κ2) is 5.59. The number of carboxylic acids is 1. The van der Waals surface area contributed by atoms with E-state index < -0.39 is 11.8 Å². The lowest BCUT2D eigenvalue weighted by Crippen LogP contribution is -2.01. The molecule has 0 fully saturated rings. The zero-order valence-corrected chi connectivity index (χ0v) is 11.5. The molecule has 0 saturated carbocycles. The smallest absolute Gasteiger partial charge is 0.349 e. The molecule has 0 amide bonds. The van der Waals surface area contributed by atoms with Crippen LogP contribution in [0.4, 0.5) is 4.39 Å². The number of ether oxygens (including phenoxy) is 1. The molecule has 0 radical (unpaired) electrons. The first kappa shape index (κ1) is 13.8. The van der Waals surface area contributed by atoms with E-state index in [0.717, 1.165) is 16.2 Å². The zero-order chi connectivity index (χ0) is 14.0. The van der Waals surface area contributed by atoms with Gasteiger partial charge in [-0.1, -0.05) is 17.7 Å². The number of carboxylic acid groups (broad SMARTS) is 1. The second-order valence-electron chi connectivity index (χ2n) is 3.88. The minimum atomic E-state index is -1.05. The van der Waals surface area contributed by atoms with Gasteiger partial charge in [-0.15, -0.1) is 11.3 Å². The van der Waals surface area contributed by atoms with E-state index in [1.165, 1.54) is 12.1 Å². The maximum absolute atomic E-state index is 13.5. The number of thiophene rings is 1. The summed E-state index contributed by atoms with van der Waals surface area (Å²) in [7, 11) is 0. The number of hydrogen-bond acceptors (Lipinski definition) is 3. The molecule has 1 N–H and O–H groups in total. The number of carbonyl (C=O) groups is 1. The minimum absolute atomic E-state index is 0.0422. The van der Waals surface area contributed by atoms with Crippen molar-refractivity contribution in [2.24, 2.45) is 0 Å². The summed E-state index contributed by atoms with van der Waals surface area (Å²) in [5, 5.41) is 9.31. The summed E-state index contributed by atoms with van der Waals surface area (Å²) < 4.78 is 18.9. The standard InChI is InChI=1S/C13H10ClFO3S/c1-7-4-11(12(19-7)13(16)17)18-6-8-2-3-9(14)5-10(8)15/h2-5H,6H2,1H3,(H,16,17). The van der Waals surface area contributed by atoms with Gasteiger partial charge >= 0.3 is 5.97 Å². The molecule has 1 aromatic carbocycles. The topological polar surface area (TPSA) is 46.5 Å². The molecule has 6 heteroatoms. The van der Waals surface area contributed by atoms with Gasteiger partial charge in [-0.3, -0.25) is 0 Å². The zero-order valence-electron chi connectivity index (χ0n) is 9.94. The van der Waals surface area contributed by atoms with E-state index in [-0.39, 0.29) is 17.2 Å². The molecular formula is C13H10ClFO3S. The predicted octanol–water partition coefficient (Wildman–Crippen LogP) is 4.13. The van der Waals surface area contributed by atoms with Crippen molar-refractivity contribution in [3.8, 4) is 5.75 Å². The fraction of sp³-hybridized carbons (Fsp3) is 0.154. The average Bonchev–Trinajstić information content (AvgIpc) is 2.69. The third-order valence-electron chi connectivity index (χ3n) is 2.41. The predicted molar refractivity (Wildman–Crippen MR) is 71.8 cm³/mol. The molecule has 0 bridgehead atoms. The van der Waals surface area contributed by atoms with Crippen molar-refractivity contribution in [3.63, 3.8) is 0 Å². The number of rotatable bonds is 4. The Balaban J connectivity index is 2.16. The number of benzene rings is 1. The molecule has 19 heavy (non-hydrogen) atoms. The maximum Gasteiger partial charge on any atom is 0.349 e. The number of hydrogen-bond donors (Lipinski definition) is 1. The largest absolute Gasteiger partial charge is 0.487 e. The molecule has 0 atom stereocenters. The Labute approximate surface area is 118 Å². The monoisotopic (exact) mass is 300 g/mol. The normalized spacial score (nSPS) is 10.5. The molecule has 100 valence electrons. The van der Waals surface area contributed by atoms with Gasteiger partial charge in [0, 0.05) is 15.5 Å². The van der Waals surface area contributed by atoms with Crippen molar-refractivity contribution in [1.82, 2.24) is 0 Å². The van der Waals surface area contributed by atoms with Crippen LogP contribution in [-0.2, 0) is 6.61 Å². The molecule has 1 heterocycles. The molecule has 0 aliphatic rings. The SMILES string of the molecule is Cc1cc(OCc2ccc(Cl)cc2F)c(C(=O)O)s1. The third kappa shape index (κ3) is 3.24. The first-order valence-electron chi connectivity index (χ1n) is 5.38. The highest BCUT2D eigenvalue weighted by Crippen LogP contribution is 2.29. The molecule has 0 saturated heterocycles. The lowest BCUT2D eigenvalue weighted by molar-refractivity contribution is 0.0697. The van der Waals surface area contributed by atoms with Crippen LogP contribution in [0.5, 0.6) is 5.75 Å². The van der Waals surface area contributed by atoms with Crippen LogP contribution in [0.2, 0.25) is 5.02 Å². The van der Waals surface area contributed by atoms with Crippen LogP contribution >= 0.6 is 22.9 Å². The lowest BCUT2D eigenvalue weighted by Gasteiger charge is -2.06. The van der Waals surface area contributed by atoms with Crippen molar-refractivity contribution >= 4 is 28.9 Å². The Bertz CT molecular complexity index is 624. The highest BCUT2D eigenvalue weighted by Gasteiger charge is 2.15. The van der Waals surface area contributed by atoms with Crippen LogP contribution in [0, 0.1) is 12.7 Å². The number of aryl methyl sites for hydroxylation is 1.